The van der Waals surface area contributed by atoms with E-state index in [0.717, 1.165) is 39.8 Å². The van der Waals surface area contributed by atoms with Crippen LogP contribution in [0.2, 0.25) is 0 Å². The number of phenolic OH excluding ortho intramolecular Hbond substituents is 2. The Kier molecular flexibility index (Phi) is 3.69. The Hall–Kier alpha value is -3.20. The number of nitrogens with zero attached hydrogens (tertiary/aromatic N) is 1. The molecule has 0 aliphatic rings. The van der Waals surface area contributed by atoms with Crippen molar-refractivity contribution >= 4 is 10.9 Å². The standard InChI is InChI=1S/C22H19NO2/c1-2-23-20-14-18(25)12-13-19(20)21(15-6-4-3-5-7-15)22(23)16-8-10-17(24)11-9-16/h3-14,24-25H,2H2,1H3. The fourth-order valence-corrected chi connectivity index (χ4v) is 3.48. The lowest BCUT2D eigenvalue weighted by atomic mass is 9.98. The van der Waals surface area contributed by atoms with Gasteiger partial charge in [0.1, 0.15) is 11.5 Å². The molecule has 0 aliphatic heterocycles. The van der Waals surface area contributed by atoms with E-state index in [1.165, 1.54) is 0 Å². The molecule has 0 saturated heterocycles. The Morgan fingerprint density at radius 3 is 2.12 bits per heavy atom. The van der Waals surface area contributed by atoms with E-state index in [9.17, 15) is 10.2 Å². The van der Waals surface area contributed by atoms with Crippen molar-refractivity contribution in [3.63, 3.8) is 0 Å². The van der Waals surface area contributed by atoms with Gasteiger partial charge in [-0.1, -0.05) is 30.3 Å². The van der Waals surface area contributed by atoms with E-state index in [2.05, 4.69) is 23.6 Å². The number of aryl methyl sites for hydroxylation is 1. The normalized spacial score (nSPS) is 11.1. The smallest absolute Gasteiger partial charge is 0.117 e. The van der Waals surface area contributed by atoms with Gasteiger partial charge in [-0.15, -0.1) is 0 Å². The largest absolute Gasteiger partial charge is 0.508 e. The Labute approximate surface area is 146 Å². The van der Waals surface area contributed by atoms with Crippen LogP contribution in [0.4, 0.5) is 0 Å². The monoisotopic (exact) mass is 329 g/mol. The summed E-state index contributed by atoms with van der Waals surface area (Å²) in [4.78, 5) is 0. The average molecular weight is 329 g/mol. The summed E-state index contributed by atoms with van der Waals surface area (Å²) in [5.41, 5.74) is 5.41. The molecule has 4 rings (SSSR count). The quantitative estimate of drug-likeness (QED) is 0.528. The highest BCUT2D eigenvalue weighted by atomic mass is 16.3. The maximum atomic E-state index is 9.98. The molecular formula is C22H19NO2. The van der Waals surface area contributed by atoms with Gasteiger partial charge in [-0.2, -0.15) is 0 Å². The van der Waals surface area contributed by atoms with E-state index in [1.54, 1.807) is 18.2 Å². The van der Waals surface area contributed by atoms with Crippen molar-refractivity contribution in [3.8, 4) is 33.9 Å². The number of hydrogen-bond donors (Lipinski definition) is 2. The lowest BCUT2D eigenvalue weighted by molar-refractivity contribution is 0.475. The Balaban J connectivity index is 2.13. The van der Waals surface area contributed by atoms with Crippen molar-refractivity contribution in [2.24, 2.45) is 0 Å². The summed E-state index contributed by atoms with van der Waals surface area (Å²) in [5.74, 6) is 0.512. The van der Waals surface area contributed by atoms with E-state index in [-0.39, 0.29) is 11.5 Å². The van der Waals surface area contributed by atoms with Crippen LogP contribution < -0.4 is 0 Å². The second kappa shape index (κ2) is 6.02. The van der Waals surface area contributed by atoms with Gasteiger partial charge in [0.25, 0.3) is 0 Å². The van der Waals surface area contributed by atoms with Gasteiger partial charge in [-0.25, -0.2) is 0 Å². The number of fused-ring (bicyclic) bond motifs is 1. The van der Waals surface area contributed by atoms with Gasteiger partial charge in [0.05, 0.1) is 11.2 Å². The zero-order chi connectivity index (χ0) is 17.4. The molecule has 0 saturated carbocycles. The van der Waals surface area contributed by atoms with Crippen LogP contribution in [0.5, 0.6) is 11.5 Å². The second-order valence-electron chi connectivity index (χ2n) is 6.08. The summed E-state index contributed by atoms with van der Waals surface area (Å²) in [7, 11) is 0. The molecule has 0 amide bonds. The highest BCUT2D eigenvalue weighted by Crippen LogP contribution is 2.42. The number of phenols is 2. The molecule has 3 aromatic carbocycles. The number of aromatic hydroxyl groups is 2. The first kappa shape index (κ1) is 15.3. The molecule has 0 aliphatic carbocycles. The third-order valence-corrected chi connectivity index (χ3v) is 4.57. The predicted octanol–water partition coefficient (Wildman–Crippen LogP) is 5.41. The number of rotatable bonds is 3. The van der Waals surface area contributed by atoms with Crippen LogP contribution >= 0.6 is 0 Å². The second-order valence-corrected chi connectivity index (χ2v) is 6.08. The summed E-state index contributed by atoms with van der Waals surface area (Å²) in [6.45, 7) is 2.88. The van der Waals surface area contributed by atoms with Gasteiger partial charge in [0.15, 0.2) is 0 Å². The highest BCUT2D eigenvalue weighted by molar-refractivity contribution is 6.05. The summed E-state index contributed by atoms with van der Waals surface area (Å²) in [5, 5.41) is 20.7. The Bertz CT molecular complexity index is 1030. The highest BCUT2D eigenvalue weighted by Gasteiger charge is 2.19. The summed E-state index contributed by atoms with van der Waals surface area (Å²) >= 11 is 0. The lowest BCUT2D eigenvalue weighted by Gasteiger charge is -2.11. The van der Waals surface area contributed by atoms with Crippen LogP contribution in [0.15, 0.2) is 72.8 Å². The third kappa shape index (κ3) is 2.54. The lowest BCUT2D eigenvalue weighted by Crippen LogP contribution is -1.97. The van der Waals surface area contributed by atoms with E-state index in [1.807, 2.05) is 42.5 Å². The van der Waals surface area contributed by atoms with Crippen molar-refractivity contribution in [2.45, 2.75) is 13.5 Å². The molecule has 2 N–H and O–H groups in total. The first-order valence-corrected chi connectivity index (χ1v) is 8.39. The molecule has 124 valence electrons. The molecule has 0 radical (unpaired) electrons. The molecular weight excluding hydrogens is 310 g/mol. The van der Waals surface area contributed by atoms with Crippen LogP contribution in [0, 0.1) is 0 Å². The van der Waals surface area contributed by atoms with Crippen LogP contribution in [0.3, 0.4) is 0 Å². The van der Waals surface area contributed by atoms with Crippen LogP contribution in [-0.4, -0.2) is 14.8 Å². The van der Waals surface area contributed by atoms with E-state index >= 15 is 0 Å². The topological polar surface area (TPSA) is 45.4 Å². The third-order valence-electron chi connectivity index (χ3n) is 4.57. The van der Waals surface area contributed by atoms with Crippen molar-refractivity contribution in [1.82, 2.24) is 4.57 Å². The first-order chi connectivity index (χ1) is 12.2. The van der Waals surface area contributed by atoms with Crippen molar-refractivity contribution in [3.05, 3.63) is 72.8 Å². The van der Waals surface area contributed by atoms with Crippen molar-refractivity contribution < 1.29 is 10.2 Å². The Morgan fingerprint density at radius 2 is 1.44 bits per heavy atom. The maximum Gasteiger partial charge on any atom is 0.117 e. The molecule has 0 fully saturated rings. The molecule has 3 nitrogen and oxygen atoms in total. The van der Waals surface area contributed by atoms with Gasteiger partial charge in [0.2, 0.25) is 0 Å². The van der Waals surface area contributed by atoms with Gasteiger partial charge < -0.3 is 14.8 Å². The predicted molar refractivity (Wildman–Crippen MR) is 102 cm³/mol. The van der Waals surface area contributed by atoms with Gasteiger partial charge in [-0.3, -0.25) is 0 Å². The molecule has 3 heteroatoms. The molecule has 4 aromatic rings. The number of hydrogen-bond acceptors (Lipinski definition) is 2. The molecule has 1 heterocycles. The van der Waals surface area contributed by atoms with Gasteiger partial charge in [-0.05, 0) is 54.4 Å². The maximum absolute atomic E-state index is 9.98. The fourth-order valence-electron chi connectivity index (χ4n) is 3.48. The number of aromatic nitrogens is 1. The van der Waals surface area contributed by atoms with Crippen molar-refractivity contribution in [2.75, 3.05) is 0 Å². The molecule has 0 atom stereocenters. The zero-order valence-electron chi connectivity index (χ0n) is 14.0. The minimum Gasteiger partial charge on any atom is -0.508 e. The average Bonchev–Trinajstić information content (AvgIpc) is 2.96. The zero-order valence-corrected chi connectivity index (χ0v) is 14.0. The van der Waals surface area contributed by atoms with E-state index < -0.39 is 0 Å². The summed E-state index contributed by atoms with van der Waals surface area (Å²) in [6, 6.07) is 23.1. The molecule has 0 bridgehead atoms. The van der Waals surface area contributed by atoms with E-state index in [4.69, 9.17) is 0 Å². The summed E-state index contributed by atoms with van der Waals surface area (Å²) < 4.78 is 2.21. The van der Waals surface area contributed by atoms with Crippen LogP contribution in [0.25, 0.3) is 33.3 Å². The fraction of sp³-hybridized carbons (Fsp3) is 0.0909. The van der Waals surface area contributed by atoms with Crippen LogP contribution in [0.1, 0.15) is 6.92 Å². The molecule has 1 aromatic heterocycles. The first-order valence-electron chi connectivity index (χ1n) is 8.39. The van der Waals surface area contributed by atoms with E-state index in [0.29, 0.717) is 0 Å². The SMILES string of the molecule is CCn1c(-c2ccc(O)cc2)c(-c2ccccc2)c2ccc(O)cc21. The summed E-state index contributed by atoms with van der Waals surface area (Å²) in [6.07, 6.45) is 0. The Morgan fingerprint density at radius 1 is 0.760 bits per heavy atom. The number of benzene rings is 3. The molecule has 0 spiro atoms. The van der Waals surface area contributed by atoms with Crippen LogP contribution in [-0.2, 0) is 6.54 Å². The van der Waals surface area contributed by atoms with Gasteiger partial charge >= 0.3 is 0 Å². The molecule has 0 unspecified atom stereocenters. The van der Waals surface area contributed by atoms with Gasteiger partial charge in [0, 0.05) is 23.6 Å². The minimum atomic E-state index is 0.252. The molecule has 25 heavy (non-hydrogen) atoms. The van der Waals surface area contributed by atoms with Crippen molar-refractivity contribution in [1.29, 1.82) is 0 Å². The minimum absolute atomic E-state index is 0.252.